The van der Waals surface area contributed by atoms with Crippen molar-refractivity contribution < 1.29 is 4.79 Å². The minimum Gasteiger partial charge on any atom is -0.382 e. The first kappa shape index (κ1) is 11.2. The number of nitrogen functional groups attached to an aromatic ring is 1. The third-order valence-corrected chi connectivity index (χ3v) is 3.94. The molecule has 1 aromatic rings. The van der Waals surface area contributed by atoms with Gasteiger partial charge in [0.25, 0.3) is 5.91 Å². The maximum Gasteiger partial charge on any atom is 0.265 e. The van der Waals surface area contributed by atoms with Gasteiger partial charge in [-0.3, -0.25) is 4.79 Å². The fraction of sp³-hybridized carbons (Fsp3) is 0.600. The van der Waals surface area contributed by atoms with Gasteiger partial charge in [0.15, 0.2) is 5.13 Å². The van der Waals surface area contributed by atoms with E-state index in [2.05, 4.69) is 22.5 Å². The number of amides is 1. The minimum absolute atomic E-state index is 0.121. The molecular weight excluding hydrogens is 224 g/mol. The zero-order valence-electron chi connectivity index (χ0n) is 9.46. The van der Waals surface area contributed by atoms with E-state index in [0.717, 1.165) is 6.54 Å². The maximum absolute atomic E-state index is 11.8. The van der Waals surface area contributed by atoms with Crippen molar-refractivity contribution in [3.8, 4) is 0 Å². The van der Waals surface area contributed by atoms with Gasteiger partial charge in [-0.2, -0.15) is 0 Å². The molecule has 0 saturated heterocycles. The van der Waals surface area contributed by atoms with Gasteiger partial charge in [-0.15, -0.1) is 0 Å². The smallest absolute Gasteiger partial charge is 0.265 e. The van der Waals surface area contributed by atoms with Crippen LogP contribution in [0.5, 0.6) is 0 Å². The standard InChI is InChI=1S/C10H16N4OS/c1-10(3-4-10)5-13-8(15)6-7(11)14-9(12-2)16-6/h3-5,11H2,1-2H3,(H,12,14)(H,13,15). The number of anilines is 2. The van der Waals surface area contributed by atoms with E-state index in [1.165, 1.54) is 24.2 Å². The fourth-order valence-electron chi connectivity index (χ4n) is 1.37. The van der Waals surface area contributed by atoms with Crippen LogP contribution in [0, 0.1) is 5.41 Å². The molecule has 16 heavy (non-hydrogen) atoms. The van der Waals surface area contributed by atoms with Crippen LogP contribution in [0.2, 0.25) is 0 Å². The largest absolute Gasteiger partial charge is 0.382 e. The molecule has 0 radical (unpaired) electrons. The third-order valence-electron chi connectivity index (χ3n) is 2.85. The highest BCUT2D eigenvalue weighted by atomic mass is 32.1. The monoisotopic (exact) mass is 240 g/mol. The molecule has 1 amide bonds. The van der Waals surface area contributed by atoms with Crippen molar-refractivity contribution in [1.82, 2.24) is 10.3 Å². The lowest BCUT2D eigenvalue weighted by Gasteiger charge is -2.08. The molecule has 5 nitrogen and oxygen atoms in total. The topological polar surface area (TPSA) is 80.0 Å². The number of hydrogen-bond acceptors (Lipinski definition) is 5. The molecule has 0 unspecified atom stereocenters. The van der Waals surface area contributed by atoms with Crippen LogP contribution >= 0.6 is 11.3 Å². The number of hydrogen-bond donors (Lipinski definition) is 3. The lowest BCUT2D eigenvalue weighted by atomic mass is 10.1. The molecule has 1 saturated carbocycles. The van der Waals surface area contributed by atoms with Crippen LogP contribution in [0.25, 0.3) is 0 Å². The van der Waals surface area contributed by atoms with Crippen LogP contribution in [0.4, 0.5) is 10.9 Å². The van der Waals surface area contributed by atoms with E-state index >= 15 is 0 Å². The minimum atomic E-state index is -0.121. The highest BCUT2D eigenvalue weighted by molar-refractivity contribution is 7.18. The van der Waals surface area contributed by atoms with Gasteiger partial charge < -0.3 is 16.4 Å². The first-order valence-electron chi connectivity index (χ1n) is 5.26. The number of carbonyl (C=O) groups is 1. The molecule has 0 atom stereocenters. The number of nitrogens with two attached hydrogens (primary N) is 1. The molecule has 1 heterocycles. The molecule has 1 fully saturated rings. The number of rotatable bonds is 4. The van der Waals surface area contributed by atoms with Gasteiger partial charge in [0.05, 0.1) is 0 Å². The van der Waals surface area contributed by atoms with E-state index in [-0.39, 0.29) is 5.91 Å². The van der Waals surface area contributed by atoms with Gasteiger partial charge in [0.2, 0.25) is 0 Å². The van der Waals surface area contributed by atoms with Crippen molar-refractivity contribution in [2.24, 2.45) is 5.41 Å². The number of carbonyl (C=O) groups excluding carboxylic acids is 1. The van der Waals surface area contributed by atoms with Crippen molar-refractivity contribution in [3.05, 3.63) is 4.88 Å². The average molecular weight is 240 g/mol. The van der Waals surface area contributed by atoms with E-state index in [1.807, 2.05) is 0 Å². The lowest BCUT2D eigenvalue weighted by molar-refractivity contribution is 0.0951. The predicted molar refractivity (Wildman–Crippen MR) is 65.7 cm³/mol. The molecule has 1 aliphatic carbocycles. The lowest BCUT2D eigenvalue weighted by Crippen LogP contribution is -2.28. The molecule has 0 spiro atoms. The zero-order valence-corrected chi connectivity index (χ0v) is 10.3. The molecule has 0 aliphatic heterocycles. The second-order valence-electron chi connectivity index (χ2n) is 4.48. The normalized spacial score (nSPS) is 16.9. The summed E-state index contributed by atoms with van der Waals surface area (Å²) < 4.78 is 0. The fourth-order valence-corrected chi connectivity index (χ4v) is 2.12. The summed E-state index contributed by atoms with van der Waals surface area (Å²) in [6.45, 7) is 2.89. The second-order valence-corrected chi connectivity index (χ2v) is 5.48. The van der Waals surface area contributed by atoms with Gasteiger partial charge in [-0.25, -0.2) is 4.98 Å². The Morgan fingerprint density at radius 3 is 2.81 bits per heavy atom. The van der Waals surface area contributed by atoms with Crippen molar-refractivity contribution in [2.75, 3.05) is 24.6 Å². The number of nitrogens with one attached hydrogen (secondary N) is 2. The van der Waals surface area contributed by atoms with E-state index in [0.29, 0.717) is 21.2 Å². The molecule has 2 rings (SSSR count). The highest BCUT2D eigenvalue weighted by Gasteiger charge is 2.37. The Bertz CT molecular complexity index is 411. The van der Waals surface area contributed by atoms with Gasteiger partial charge in [-0.05, 0) is 18.3 Å². The molecular formula is C10H16N4OS. The Balaban J connectivity index is 1.99. The van der Waals surface area contributed by atoms with Gasteiger partial charge in [0.1, 0.15) is 10.7 Å². The van der Waals surface area contributed by atoms with Gasteiger partial charge >= 0.3 is 0 Å². The summed E-state index contributed by atoms with van der Waals surface area (Å²) in [5.41, 5.74) is 5.98. The Morgan fingerprint density at radius 2 is 2.31 bits per heavy atom. The van der Waals surface area contributed by atoms with Crippen molar-refractivity contribution in [2.45, 2.75) is 19.8 Å². The predicted octanol–water partition coefficient (Wildman–Crippen LogP) is 1.30. The molecule has 88 valence electrons. The average Bonchev–Trinajstić information content (AvgIpc) is 2.87. The summed E-state index contributed by atoms with van der Waals surface area (Å²) in [5, 5.41) is 6.45. The summed E-state index contributed by atoms with van der Waals surface area (Å²) >= 11 is 1.28. The highest BCUT2D eigenvalue weighted by Crippen LogP contribution is 2.44. The third kappa shape index (κ3) is 2.27. The first-order valence-corrected chi connectivity index (χ1v) is 6.08. The molecule has 0 aromatic carbocycles. The van der Waals surface area contributed by atoms with Gasteiger partial charge in [-0.1, -0.05) is 18.3 Å². The maximum atomic E-state index is 11.8. The van der Waals surface area contributed by atoms with Crippen LogP contribution in [-0.2, 0) is 0 Å². The van der Waals surface area contributed by atoms with Crippen LogP contribution in [-0.4, -0.2) is 24.5 Å². The Labute approximate surface area is 98.4 Å². The summed E-state index contributed by atoms with van der Waals surface area (Å²) in [7, 11) is 1.76. The summed E-state index contributed by atoms with van der Waals surface area (Å²) in [4.78, 5) is 16.3. The van der Waals surface area contributed by atoms with Crippen molar-refractivity contribution in [3.63, 3.8) is 0 Å². The number of nitrogens with zero attached hydrogens (tertiary/aromatic N) is 1. The van der Waals surface area contributed by atoms with Crippen molar-refractivity contribution in [1.29, 1.82) is 0 Å². The van der Waals surface area contributed by atoms with Crippen LogP contribution in [0.1, 0.15) is 29.4 Å². The van der Waals surface area contributed by atoms with E-state index in [4.69, 9.17) is 5.73 Å². The Morgan fingerprint density at radius 1 is 1.62 bits per heavy atom. The Hall–Kier alpha value is -1.30. The number of thiazole rings is 1. The van der Waals surface area contributed by atoms with E-state index in [1.54, 1.807) is 7.05 Å². The van der Waals surface area contributed by atoms with E-state index in [9.17, 15) is 4.79 Å². The zero-order chi connectivity index (χ0) is 11.8. The van der Waals surface area contributed by atoms with Crippen molar-refractivity contribution >= 4 is 28.2 Å². The summed E-state index contributed by atoms with van der Waals surface area (Å²) in [5.74, 6) is 0.178. The first-order chi connectivity index (χ1) is 7.54. The molecule has 1 aromatic heterocycles. The quantitative estimate of drug-likeness (QED) is 0.741. The Kier molecular flexibility index (Phi) is 2.75. The van der Waals surface area contributed by atoms with Crippen LogP contribution in [0.3, 0.4) is 0 Å². The second kappa shape index (κ2) is 3.93. The molecule has 4 N–H and O–H groups in total. The summed E-state index contributed by atoms with van der Waals surface area (Å²) in [6, 6.07) is 0. The molecule has 1 aliphatic rings. The van der Waals surface area contributed by atoms with Crippen LogP contribution in [0.15, 0.2) is 0 Å². The summed E-state index contributed by atoms with van der Waals surface area (Å²) in [6.07, 6.45) is 2.38. The van der Waals surface area contributed by atoms with Crippen LogP contribution < -0.4 is 16.4 Å². The number of aromatic nitrogens is 1. The molecule has 0 bridgehead atoms. The SMILES string of the molecule is CNc1nc(N)c(C(=O)NCC2(C)CC2)s1. The van der Waals surface area contributed by atoms with E-state index < -0.39 is 0 Å². The molecule has 6 heteroatoms. The van der Waals surface area contributed by atoms with Gasteiger partial charge in [0, 0.05) is 13.6 Å².